The van der Waals surface area contributed by atoms with E-state index in [0.29, 0.717) is 24.5 Å². The number of halogens is 1. The van der Waals surface area contributed by atoms with E-state index in [9.17, 15) is 4.79 Å². The molecule has 1 aromatic rings. The Morgan fingerprint density at radius 1 is 1.39 bits per heavy atom. The average Bonchev–Trinajstić information content (AvgIpc) is 2.35. The number of nitrogens with two attached hydrogens (primary N) is 1. The molecule has 4 N–H and O–H groups in total. The number of aliphatic carboxylic acids is 1. The minimum absolute atomic E-state index is 0.458. The van der Waals surface area contributed by atoms with Gasteiger partial charge in [0.15, 0.2) is 0 Å². The molecular formula is C13H19ClN2O2. The molecule has 0 aliphatic carbocycles. The largest absolute Gasteiger partial charge is 0.480 e. The van der Waals surface area contributed by atoms with Crippen LogP contribution < -0.4 is 11.1 Å². The van der Waals surface area contributed by atoms with Gasteiger partial charge in [-0.2, -0.15) is 0 Å². The quantitative estimate of drug-likeness (QED) is 0.632. The predicted molar refractivity (Wildman–Crippen MR) is 72.6 cm³/mol. The lowest BCUT2D eigenvalue weighted by atomic mass is 10.1. The summed E-state index contributed by atoms with van der Waals surface area (Å²) in [4.78, 5) is 11.1. The topological polar surface area (TPSA) is 75.3 Å². The average molecular weight is 271 g/mol. The molecule has 0 spiro atoms. The Hall–Kier alpha value is -1.10. The fourth-order valence-electron chi connectivity index (χ4n) is 1.68. The van der Waals surface area contributed by atoms with Crippen LogP contribution in [0.4, 0.5) is 0 Å². The Kier molecular flexibility index (Phi) is 6.72. The van der Waals surface area contributed by atoms with E-state index in [1.165, 1.54) is 0 Å². The number of hydrogen-bond donors (Lipinski definition) is 3. The molecule has 0 aromatic heterocycles. The number of hydrogen-bond acceptors (Lipinski definition) is 3. The molecule has 1 unspecified atom stereocenters. The van der Waals surface area contributed by atoms with Crippen LogP contribution in [0.1, 0.15) is 24.8 Å². The second-order valence-corrected chi connectivity index (χ2v) is 4.55. The van der Waals surface area contributed by atoms with Gasteiger partial charge in [-0.15, -0.1) is 0 Å². The lowest BCUT2D eigenvalue weighted by molar-refractivity contribution is -0.139. The number of unbranched alkanes of at least 4 members (excludes halogenated alkanes) is 1. The van der Waals surface area contributed by atoms with Crippen LogP contribution in [0.15, 0.2) is 24.3 Å². The highest BCUT2D eigenvalue weighted by atomic mass is 35.5. The molecule has 4 nitrogen and oxygen atoms in total. The molecule has 0 amide bonds. The first-order valence-corrected chi connectivity index (χ1v) is 6.42. The van der Waals surface area contributed by atoms with Crippen LogP contribution in [-0.2, 0) is 11.3 Å². The Morgan fingerprint density at radius 3 is 2.72 bits per heavy atom. The lowest BCUT2D eigenvalue weighted by Crippen LogP contribution is -2.36. The molecule has 5 heteroatoms. The zero-order chi connectivity index (χ0) is 13.4. The van der Waals surface area contributed by atoms with Gasteiger partial charge < -0.3 is 16.2 Å². The Labute approximate surface area is 112 Å². The van der Waals surface area contributed by atoms with Crippen molar-refractivity contribution in [3.63, 3.8) is 0 Å². The second kappa shape index (κ2) is 8.08. The molecule has 0 aliphatic rings. The van der Waals surface area contributed by atoms with Crippen LogP contribution in [0.5, 0.6) is 0 Å². The van der Waals surface area contributed by atoms with E-state index in [4.69, 9.17) is 22.4 Å². The van der Waals surface area contributed by atoms with Gasteiger partial charge in [-0.3, -0.25) is 4.79 Å². The van der Waals surface area contributed by atoms with Gasteiger partial charge in [-0.05, 0) is 31.0 Å². The van der Waals surface area contributed by atoms with Crippen molar-refractivity contribution in [1.82, 2.24) is 5.32 Å². The first kappa shape index (κ1) is 15.0. The highest BCUT2D eigenvalue weighted by Crippen LogP contribution is 2.15. The van der Waals surface area contributed by atoms with Crippen molar-refractivity contribution < 1.29 is 9.90 Å². The zero-order valence-corrected chi connectivity index (χ0v) is 11.0. The summed E-state index contributed by atoms with van der Waals surface area (Å²) in [6, 6.07) is 6.86. The molecule has 0 saturated heterocycles. The van der Waals surface area contributed by atoms with Gasteiger partial charge in [0.1, 0.15) is 6.04 Å². The van der Waals surface area contributed by atoms with E-state index in [1.54, 1.807) is 6.07 Å². The number of carboxylic acid groups (broad SMARTS) is 1. The summed E-state index contributed by atoms with van der Waals surface area (Å²) in [7, 11) is 0. The summed E-state index contributed by atoms with van der Waals surface area (Å²) in [5.74, 6) is -0.834. The first-order valence-electron chi connectivity index (χ1n) is 6.05. The Balaban J connectivity index is 2.47. The summed E-state index contributed by atoms with van der Waals surface area (Å²) in [6.45, 7) is 1.05. The lowest BCUT2D eigenvalue weighted by Gasteiger charge is -2.14. The van der Waals surface area contributed by atoms with Crippen molar-refractivity contribution in [3.05, 3.63) is 34.9 Å². The maximum Gasteiger partial charge on any atom is 0.320 e. The molecule has 1 atom stereocenters. The van der Waals surface area contributed by atoms with Crippen LogP contribution in [0.3, 0.4) is 0 Å². The van der Waals surface area contributed by atoms with Gasteiger partial charge in [0.05, 0.1) is 0 Å². The highest BCUT2D eigenvalue weighted by molar-refractivity contribution is 6.31. The fourth-order valence-corrected chi connectivity index (χ4v) is 1.88. The van der Waals surface area contributed by atoms with Gasteiger partial charge in [0, 0.05) is 11.6 Å². The fraction of sp³-hybridized carbons (Fsp3) is 0.462. The molecule has 0 bridgehead atoms. The van der Waals surface area contributed by atoms with Crippen LogP contribution in [0, 0.1) is 0 Å². The van der Waals surface area contributed by atoms with E-state index in [0.717, 1.165) is 18.4 Å². The number of rotatable bonds is 8. The summed E-state index contributed by atoms with van der Waals surface area (Å²) in [6.07, 6.45) is 2.23. The van der Waals surface area contributed by atoms with E-state index in [1.807, 2.05) is 18.2 Å². The third-order valence-electron chi connectivity index (χ3n) is 2.74. The normalized spacial score (nSPS) is 12.3. The Morgan fingerprint density at radius 2 is 2.11 bits per heavy atom. The van der Waals surface area contributed by atoms with Gasteiger partial charge in [-0.25, -0.2) is 0 Å². The van der Waals surface area contributed by atoms with Crippen LogP contribution >= 0.6 is 11.6 Å². The van der Waals surface area contributed by atoms with Gasteiger partial charge in [0.2, 0.25) is 0 Å². The summed E-state index contributed by atoms with van der Waals surface area (Å²) < 4.78 is 0. The number of nitrogens with one attached hydrogen (secondary N) is 1. The molecular weight excluding hydrogens is 252 g/mol. The maximum absolute atomic E-state index is 11.1. The summed E-state index contributed by atoms with van der Waals surface area (Å²) in [5, 5.41) is 12.8. The van der Waals surface area contributed by atoms with Crippen molar-refractivity contribution in [3.8, 4) is 0 Å². The monoisotopic (exact) mass is 270 g/mol. The van der Waals surface area contributed by atoms with Crippen molar-refractivity contribution in [2.75, 3.05) is 6.54 Å². The molecule has 1 aromatic carbocycles. The second-order valence-electron chi connectivity index (χ2n) is 4.15. The SMILES string of the molecule is NCCCCC(NCc1ccccc1Cl)C(=O)O. The van der Waals surface area contributed by atoms with E-state index < -0.39 is 12.0 Å². The van der Waals surface area contributed by atoms with Crippen molar-refractivity contribution in [2.45, 2.75) is 31.8 Å². The highest BCUT2D eigenvalue weighted by Gasteiger charge is 2.16. The minimum atomic E-state index is -0.834. The van der Waals surface area contributed by atoms with E-state index in [2.05, 4.69) is 5.32 Å². The smallest absolute Gasteiger partial charge is 0.320 e. The molecule has 0 aliphatic heterocycles. The van der Waals surface area contributed by atoms with E-state index in [-0.39, 0.29) is 0 Å². The van der Waals surface area contributed by atoms with E-state index >= 15 is 0 Å². The van der Waals surface area contributed by atoms with Crippen molar-refractivity contribution in [1.29, 1.82) is 0 Å². The van der Waals surface area contributed by atoms with Crippen molar-refractivity contribution in [2.24, 2.45) is 5.73 Å². The zero-order valence-electron chi connectivity index (χ0n) is 10.2. The standard InChI is InChI=1S/C13H19ClN2O2/c14-11-6-2-1-5-10(11)9-16-12(13(17)18)7-3-4-8-15/h1-2,5-6,12,16H,3-4,7-9,15H2,(H,17,18). The van der Waals surface area contributed by atoms with Gasteiger partial charge >= 0.3 is 5.97 Å². The first-order chi connectivity index (χ1) is 8.65. The van der Waals surface area contributed by atoms with Crippen LogP contribution in [-0.4, -0.2) is 23.7 Å². The number of carbonyl (C=O) groups is 1. The molecule has 100 valence electrons. The molecule has 0 heterocycles. The molecule has 0 radical (unpaired) electrons. The maximum atomic E-state index is 11.1. The van der Waals surface area contributed by atoms with Crippen LogP contribution in [0.25, 0.3) is 0 Å². The van der Waals surface area contributed by atoms with Crippen molar-refractivity contribution >= 4 is 17.6 Å². The third kappa shape index (κ3) is 5.04. The van der Waals surface area contributed by atoms with Crippen LogP contribution in [0.2, 0.25) is 5.02 Å². The minimum Gasteiger partial charge on any atom is -0.480 e. The molecule has 18 heavy (non-hydrogen) atoms. The summed E-state index contributed by atoms with van der Waals surface area (Å²) >= 11 is 6.01. The third-order valence-corrected chi connectivity index (χ3v) is 3.11. The summed E-state index contributed by atoms with van der Waals surface area (Å²) in [5.41, 5.74) is 6.30. The molecule has 1 rings (SSSR count). The molecule has 0 saturated carbocycles. The van der Waals surface area contributed by atoms with Gasteiger partial charge in [0.25, 0.3) is 0 Å². The van der Waals surface area contributed by atoms with Gasteiger partial charge in [-0.1, -0.05) is 36.2 Å². The predicted octanol–water partition coefficient (Wildman–Crippen LogP) is 2.01. The molecule has 0 fully saturated rings. The number of carboxylic acids is 1. The number of benzene rings is 1. The Bertz CT molecular complexity index is 385.